The molecule has 76 valence electrons. The van der Waals surface area contributed by atoms with Crippen LogP contribution < -0.4 is 0 Å². The van der Waals surface area contributed by atoms with Gasteiger partial charge in [0, 0.05) is 0 Å². The molecule has 1 saturated carbocycles. The number of carbonyl (C=O) groups excluding carboxylic acids is 1. The van der Waals surface area contributed by atoms with Crippen LogP contribution in [0.1, 0.15) is 33.1 Å². The van der Waals surface area contributed by atoms with Crippen LogP contribution in [0.5, 0.6) is 0 Å². The highest BCUT2D eigenvalue weighted by molar-refractivity contribution is 5.93. The highest BCUT2D eigenvalue weighted by Crippen LogP contribution is 2.32. The van der Waals surface area contributed by atoms with Crippen LogP contribution in [0.25, 0.3) is 0 Å². The SMILES string of the molecule is CCOC(=O)C(C#N)=C1CC[C@@H](C)C1. The van der Waals surface area contributed by atoms with E-state index in [9.17, 15) is 4.79 Å². The fourth-order valence-electron chi connectivity index (χ4n) is 1.74. The Labute approximate surface area is 84.4 Å². The molecule has 0 heterocycles. The largest absolute Gasteiger partial charge is 0.462 e. The van der Waals surface area contributed by atoms with Gasteiger partial charge in [-0.3, -0.25) is 0 Å². The minimum atomic E-state index is -0.459. The van der Waals surface area contributed by atoms with Crippen molar-refractivity contribution in [2.45, 2.75) is 33.1 Å². The normalized spacial score (nSPS) is 24.2. The number of hydrogen-bond acceptors (Lipinski definition) is 3. The molecule has 1 rings (SSSR count). The van der Waals surface area contributed by atoms with Crippen LogP contribution in [0.4, 0.5) is 0 Å². The lowest BCUT2D eigenvalue weighted by molar-refractivity contribution is -0.138. The Bertz CT molecular complexity index is 299. The zero-order chi connectivity index (χ0) is 10.6. The maximum absolute atomic E-state index is 11.4. The van der Waals surface area contributed by atoms with E-state index in [4.69, 9.17) is 10.00 Å². The molecule has 0 bridgehead atoms. The summed E-state index contributed by atoms with van der Waals surface area (Å²) in [6, 6.07) is 1.95. The molecule has 1 fully saturated rings. The van der Waals surface area contributed by atoms with Gasteiger partial charge in [0.15, 0.2) is 0 Å². The van der Waals surface area contributed by atoms with Crippen LogP contribution in [0.15, 0.2) is 11.1 Å². The molecule has 1 atom stereocenters. The Morgan fingerprint density at radius 2 is 2.43 bits per heavy atom. The molecule has 14 heavy (non-hydrogen) atoms. The smallest absolute Gasteiger partial charge is 0.348 e. The standard InChI is InChI=1S/C11H15NO2/c1-3-14-11(13)10(7-12)9-5-4-8(2)6-9/h8H,3-6H2,1-2H3/t8-/m1/s1. The van der Waals surface area contributed by atoms with E-state index in [1.54, 1.807) is 6.92 Å². The fraction of sp³-hybridized carbons (Fsp3) is 0.636. The number of carbonyl (C=O) groups is 1. The Morgan fingerprint density at radius 1 is 1.71 bits per heavy atom. The summed E-state index contributed by atoms with van der Waals surface area (Å²) in [5.74, 6) is 0.127. The molecule has 0 amide bonds. The van der Waals surface area contributed by atoms with Gasteiger partial charge in [-0.25, -0.2) is 4.79 Å². The zero-order valence-corrected chi connectivity index (χ0v) is 8.67. The minimum Gasteiger partial charge on any atom is -0.462 e. The third-order valence-electron chi connectivity index (χ3n) is 2.48. The van der Waals surface area contributed by atoms with E-state index in [0.29, 0.717) is 12.5 Å². The number of allylic oxidation sites excluding steroid dienone is 1. The molecule has 0 aliphatic heterocycles. The van der Waals surface area contributed by atoms with E-state index in [1.807, 2.05) is 6.07 Å². The maximum Gasteiger partial charge on any atom is 0.348 e. The maximum atomic E-state index is 11.4. The van der Waals surface area contributed by atoms with E-state index in [-0.39, 0.29) is 5.57 Å². The summed E-state index contributed by atoms with van der Waals surface area (Å²) in [6.07, 6.45) is 2.80. The van der Waals surface area contributed by atoms with Gasteiger partial charge in [0.25, 0.3) is 0 Å². The van der Waals surface area contributed by atoms with E-state index >= 15 is 0 Å². The average molecular weight is 193 g/mol. The number of hydrogen-bond donors (Lipinski definition) is 0. The van der Waals surface area contributed by atoms with Crippen LogP contribution in [-0.4, -0.2) is 12.6 Å². The van der Waals surface area contributed by atoms with Crippen LogP contribution >= 0.6 is 0 Å². The van der Waals surface area contributed by atoms with Gasteiger partial charge in [-0.2, -0.15) is 5.26 Å². The van der Waals surface area contributed by atoms with Gasteiger partial charge in [0.05, 0.1) is 6.61 Å². The summed E-state index contributed by atoms with van der Waals surface area (Å²) >= 11 is 0. The van der Waals surface area contributed by atoms with Gasteiger partial charge >= 0.3 is 5.97 Å². The van der Waals surface area contributed by atoms with Gasteiger partial charge in [-0.05, 0) is 37.7 Å². The Morgan fingerprint density at radius 3 is 2.86 bits per heavy atom. The molecule has 1 aliphatic carbocycles. The molecule has 0 radical (unpaired) electrons. The predicted octanol–water partition coefficient (Wildman–Crippen LogP) is 2.19. The number of nitrogens with zero attached hydrogens (tertiary/aromatic N) is 1. The van der Waals surface area contributed by atoms with Crippen molar-refractivity contribution in [2.75, 3.05) is 6.61 Å². The number of ether oxygens (including phenoxy) is 1. The second-order valence-corrected chi connectivity index (χ2v) is 3.66. The van der Waals surface area contributed by atoms with Crippen molar-refractivity contribution < 1.29 is 9.53 Å². The summed E-state index contributed by atoms with van der Waals surface area (Å²) in [7, 11) is 0. The molecule has 3 heteroatoms. The molecule has 0 N–H and O–H groups in total. The summed E-state index contributed by atoms with van der Waals surface area (Å²) in [5.41, 5.74) is 1.20. The van der Waals surface area contributed by atoms with Crippen LogP contribution in [0.2, 0.25) is 0 Å². The summed E-state index contributed by atoms with van der Waals surface area (Å²) in [5, 5.41) is 8.86. The number of esters is 1. The second-order valence-electron chi connectivity index (χ2n) is 3.66. The fourth-order valence-corrected chi connectivity index (χ4v) is 1.74. The van der Waals surface area contributed by atoms with Crippen molar-refractivity contribution in [3.63, 3.8) is 0 Å². The Kier molecular flexibility index (Phi) is 3.70. The summed E-state index contributed by atoms with van der Waals surface area (Å²) in [6.45, 7) is 4.20. The van der Waals surface area contributed by atoms with Crippen molar-refractivity contribution in [1.82, 2.24) is 0 Å². The molecular weight excluding hydrogens is 178 g/mol. The van der Waals surface area contributed by atoms with Gasteiger partial charge < -0.3 is 4.74 Å². The van der Waals surface area contributed by atoms with Crippen molar-refractivity contribution in [3.05, 3.63) is 11.1 Å². The lowest BCUT2D eigenvalue weighted by Gasteiger charge is -2.03. The molecule has 0 aromatic carbocycles. The van der Waals surface area contributed by atoms with Gasteiger partial charge in [0.1, 0.15) is 11.6 Å². The third-order valence-corrected chi connectivity index (χ3v) is 2.48. The van der Waals surface area contributed by atoms with Crippen molar-refractivity contribution in [2.24, 2.45) is 5.92 Å². The zero-order valence-electron chi connectivity index (χ0n) is 8.67. The van der Waals surface area contributed by atoms with Gasteiger partial charge in [-0.1, -0.05) is 6.92 Å². The first-order valence-electron chi connectivity index (χ1n) is 4.98. The number of rotatable bonds is 2. The van der Waals surface area contributed by atoms with Crippen molar-refractivity contribution >= 4 is 5.97 Å². The predicted molar refractivity (Wildman–Crippen MR) is 52.3 cm³/mol. The topological polar surface area (TPSA) is 50.1 Å². The van der Waals surface area contributed by atoms with Crippen molar-refractivity contribution in [3.8, 4) is 6.07 Å². The van der Waals surface area contributed by atoms with E-state index in [2.05, 4.69) is 6.92 Å². The first kappa shape index (κ1) is 10.8. The Balaban J connectivity index is 2.80. The van der Waals surface area contributed by atoms with Gasteiger partial charge in [0.2, 0.25) is 0 Å². The molecule has 3 nitrogen and oxygen atoms in total. The highest BCUT2D eigenvalue weighted by Gasteiger charge is 2.22. The average Bonchev–Trinajstić information content (AvgIpc) is 2.54. The van der Waals surface area contributed by atoms with E-state index < -0.39 is 5.97 Å². The minimum absolute atomic E-state index is 0.233. The summed E-state index contributed by atoms with van der Waals surface area (Å²) in [4.78, 5) is 11.4. The van der Waals surface area contributed by atoms with Crippen LogP contribution in [-0.2, 0) is 9.53 Å². The highest BCUT2D eigenvalue weighted by atomic mass is 16.5. The van der Waals surface area contributed by atoms with E-state index in [1.165, 1.54) is 0 Å². The van der Waals surface area contributed by atoms with Gasteiger partial charge in [-0.15, -0.1) is 0 Å². The second kappa shape index (κ2) is 4.80. The molecule has 0 aromatic rings. The van der Waals surface area contributed by atoms with Crippen molar-refractivity contribution in [1.29, 1.82) is 5.26 Å². The Hall–Kier alpha value is -1.30. The first-order chi connectivity index (χ1) is 6.69. The quantitative estimate of drug-likeness (QED) is 0.383. The first-order valence-corrected chi connectivity index (χ1v) is 4.98. The van der Waals surface area contributed by atoms with Crippen LogP contribution in [0, 0.1) is 17.2 Å². The molecular formula is C11H15NO2. The van der Waals surface area contributed by atoms with Crippen LogP contribution in [0.3, 0.4) is 0 Å². The third kappa shape index (κ3) is 2.35. The number of nitriles is 1. The molecule has 0 saturated heterocycles. The molecule has 0 unspecified atom stereocenters. The lowest BCUT2D eigenvalue weighted by atomic mass is 10.1. The lowest BCUT2D eigenvalue weighted by Crippen LogP contribution is -2.08. The van der Waals surface area contributed by atoms with E-state index in [0.717, 1.165) is 24.8 Å². The molecule has 0 spiro atoms. The summed E-state index contributed by atoms with van der Waals surface area (Å²) < 4.78 is 4.82. The monoisotopic (exact) mass is 193 g/mol. The molecule has 1 aliphatic rings. The molecule has 0 aromatic heterocycles.